The average molecular weight is 242 g/mol. The van der Waals surface area contributed by atoms with Crippen LogP contribution in [0.1, 0.15) is 52.4 Å². The molecule has 2 nitrogen and oxygen atoms in total. The number of hydrogen-bond donors (Lipinski definition) is 1. The van der Waals surface area contributed by atoms with E-state index in [9.17, 15) is 9.32 Å². The van der Waals surface area contributed by atoms with Crippen molar-refractivity contribution >= 4 is 10.8 Å². The van der Waals surface area contributed by atoms with E-state index in [0.29, 0.717) is 0 Å². The maximum atomic E-state index is 12.0. The largest absolute Gasteiger partial charge is 0.389 e. The molecule has 2 aliphatic rings. The van der Waals surface area contributed by atoms with Gasteiger partial charge in [-0.15, -0.1) is 0 Å². The molecular weight excluding hydrogens is 220 g/mol. The summed E-state index contributed by atoms with van der Waals surface area (Å²) in [5.74, 6) is 0. The second-order valence-electron chi connectivity index (χ2n) is 5.62. The van der Waals surface area contributed by atoms with Gasteiger partial charge in [-0.2, -0.15) is 0 Å². The normalized spacial score (nSPS) is 42.8. The van der Waals surface area contributed by atoms with Crippen molar-refractivity contribution in [2.45, 2.75) is 68.5 Å². The average Bonchev–Trinajstić information content (AvgIpc) is 2.18. The highest BCUT2D eigenvalue weighted by Gasteiger charge is 2.44. The van der Waals surface area contributed by atoms with Crippen LogP contribution in [0, 0.1) is 0 Å². The highest BCUT2D eigenvalue weighted by molar-refractivity contribution is 7.86. The molecule has 0 aromatic carbocycles. The first-order valence-corrected chi connectivity index (χ1v) is 7.53. The van der Waals surface area contributed by atoms with Crippen LogP contribution < -0.4 is 0 Å². The van der Waals surface area contributed by atoms with Gasteiger partial charge in [0.1, 0.15) is 0 Å². The maximum Gasteiger partial charge on any atom is 0.0705 e. The van der Waals surface area contributed by atoms with Crippen molar-refractivity contribution in [2.24, 2.45) is 0 Å². The predicted octanol–water partition coefficient (Wildman–Crippen LogP) is 2.54. The number of rotatable bonds is 2. The van der Waals surface area contributed by atoms with Crippen molar-refractivity contribution in [2.75, 3.05) is 0 Å². The summed E-state index contributed by atoms with van der Waals surface area (Å²) in [6.45, 7) is 4.12. The molecule has 92 valence electrons. The van der Waals surface area contributed by atoms with E-state index in [4.69, 9.17) is 0 Å². The molecule has 2 saturated heterocycles. The first-order chi connectivity index (χ1) is 7.50. The second kappa shape index (κ2) is 4.61. The van der Waals surface area contributed by atoms with Gasteiger partial charge in [-0.05, 0) is 46.0 Å². The molecular formula is C13H22O2S. The summed E-state index contributed by atoms with van der Waals surface area (Å²) < 4.78 is 12.0. The Labute approximate surface area is 101 Å². The summed E-state index contributed by atoms with van der Waals surface area (Å²) in [5, 5.41) is 11.1. The minimum Gasteiger partial charge on any atom is -0.389 e. The van der Waals surface area contributed by atoms with Crippen molar-refractivity contribution in [3.8, 4) is 0 Å². The predicted molar refractivity (Wildman–Crippen MR) is 67.8 cm³/mol. The molecule has 2 bridgehead atoms. The molecule has 2 atom stereocenters. The van der Waals surface area contributed by atoms with Gasteiger partial charge in [-0.25, -0.2) is 0 Å². The molecule has 0 amide bonds. The van der Waals surface area contributed by atoms with Gasteiger partial charge < -0.3 is 5.11 Å². The molecule has 3 heteroatoms. The van der Waals surface area contributed by atoms with E-state index >= 15 is 0 Å². The summed E-state index contributed by atoms with van der Waals surface area (Å²) in [6.07, 6.45) is 7.60. The molecule has 1 N–H and O–H groups in total. The van der Waals surface area contributed by atoms with Crippen molar-refractivity contribution in [1.82, 2.24) is 0 Å². The zero-order valence-electron chi connectivity index (χ0n) is 10.2. The van der Waals surface area contributed by atoms with Crippen LogP contribution in [0.3, 0.4) is 0 Å². The molecule has 2 aliphatic heterocycles. The fourth-order valence-corrected chi connectivity index (χ4v) is 5.23. The first-order valence-electron chi connectivity index (χ1n) is 6.25. The maximum absolute atomic E-state index is 12.0. The Morgan fingerprint density at radius 2 is 1.94 bits per heavy atom. The molecule has 0 saturated carbocycles. The molecule has 16 heavy (non-hydrogen) atoms. The van der Waals surface area contributed by atoms with Crippen molar-refractivity contribution in [1.29, 1.82) is 0 Å². The molecule has 2 fully saturated rings. The summed E-state index contributed by atoms with van der Waals surface area (Å²) >= 11 is 0. The molecule has 0 aliphatic carbocycles. The Balaban J connectivity index is 2.08. The minimum absolute atomic E-state index is 0.253. The Hall–Kier alpha value is -0.150. The van der Waals surface area contributed by atoms with Crippen LogP contribution in [0.5, 0.6) is 0 Å². The molecule has 0 aromatic heterocycles. The van der Waals surface area contributed by atoms with E-state index in [1.165, 1.54) is 12.0 Å². The third-order valence-electron chi connectivity index (χ3n) is 3.81. The van der Waals surface area contributed by atoms with Crippen LogP contribution in [-0.2, 0) is 10.8 Å². The van der Waals surface area contributed by atoms with Crippen molar-refractivity contribution in [3.05, 3.63) is 11.6 Å². The summed E-state index contributed by atoms with van der Waals surface area (Å²) in [5.41, 5.74) is 0.672. The number of allylic oxidation sites excluding steroid dienone is 1. The molecule has 0 aromatic rings. The Kier molecular flexibility index (Phi) is 3.55. The minimum atomic E-state index is -0.678. The van der Waals surface area contributed by atoms with Crippen molar-refractivity contribution < 1.29 is 9.32 Å². The lowest BCUT2D eigenvalue weighted by Gasteiger charge is -2.43. The zero-order valence-corrected chi connectivity index (χ0v) is 11.1. The summed E-state index contributed by atoms with van der Waals surface area (Å²) in [4.78, 5) is 0. The van der Waals surface area contributed by atoms with Crippen molar-refractivity contribution in [3.63, 3.8) is 0 Å². The van der Waals surface area contributed by atoms with E-state index in [-0.39, 0.29) is 10.5 Å². The molecule has 0 radical (unpaired) electrons. The van der Waals surface area contributed by atoms with Gasteiger partial charge in [0.05, 0.1) is 5.60 Å². The fourth-order valence-electron chi connectivity index (χ4n) is 2.94. The molecule has 2 rings (SSSR count). The van der Waals surface area contributed by atoms with Crippen LogP contribution in [0.2, 0.25) is 0 Å². The first kappa shape index (κ1) is 12.3. The van der Waals surface area contributed by atoms with Crippen LogP contribution in [-0.4, -0.2) is 25.4 Å². The highest BCUT2D eigenvalue weighted by Crippen LogP contribution is 2.40. The number of hydrogen-bond acceptors (Lipinski definition) is 2. The van der Waals surface area contributed by atoms with E-state index < -0.39 is 16.4 Å². The van der Waals surface area contributed by atoms with E-state index in [1.807, 2.05) is 0 Å². The van der Waals surface area contributed by atoms with Gasteiger partial charge in [0.2, 0.25) is 0 Å². The molecule has 0 spiro atoms. The quantitative estimate of drug-likeness (QED) is 0.756. The van der Waals surface area contributed by atoms with E-state index in [2.05, 4.69) is 19.9 Å². The van der Waals surface area contributed by atoms with Crippen LogP contribution in [0.4, 0.5) is 0 Å². The third kappa shape index (κ3) is 2.57. The van der Waals surface area contributed by atoms with Crippen LogP contribution in [0.25, 0.3) is 0 Å². The number of fused-ring (bicyclic) bond motifs is 2. The van der Waals surface area contributed by atoms with Crippen LogP contribution in [0.15, 0.2) is 11.6 Å². The van der Waals surface area contributed by atoms with Gasteiger partial charge in [0.15, 0.2) is 0 Å². The third-order valence-corrected chi connectivity index (χ3v) is 5.93. The monoisotopic (exact) mass is 242 g/mol. The van der Waals surface area contributed by atoms with Gasteiger partial charge in [0.25, 0.3) is 0 Å². The van der Waals surface area contributed by atoms with Gasteiger partial charge in [-0.1, -0.05) is 18.1 Å². The molecule has 2 unspecified atom stereocenters. The summed E-state index contributed by atoms with van der Waals surface area (Å²) in [6, 6.07) is 0. The highest BCUT2D eigenvalue weighted by atomic mass is 32.2. The smallest absolute Gasteiger partial charge is 0.0705 e. The SMILES string of the molecule is CC(C)=CCC1(O)CC2CCCC(C1)S2=O. The molecule has 2 heterocycles. The topological polar surface area (TPSA) is 37.3 Å². The van der Waals surface area contributed by atoms with E-state index in [1.54, 1.807) is 0 Å². The fraction of sp³-hybridized carbons (Fsp3) is 0.846. The van der Waals surface area contributed by atoms with Gasteiger partial charge >= 0.3 is 0 Å². The van der Waals surface area contributed by atoms with Gasteiger partial charge in [-0.3, -0.25) is 4.21 Å². The van der Waals surface area contributed by atoms with Gasteiger partial charge in [0, 0.05) is 21.3 Å². The lowest BCUT2D eigenvalue weighted by atomic mass is 9.83. The lowest BCUT2D eigenvalue weighted by Crippen LogP contribution is -2.48. The lowest BCUT2D eigenvalue weighted by molar-refractivity contribution is 0.0137. The number of aliphatic hydroxyl groups is 1. The van der Waals surface area contributed by atoms with E-state index in [0.717, 1.165) is 32.1 Å². The Bertz CT molecular complexity index is 302. The zero-order chi connectivity index (χ0) is 11.8. The standard InChI is InChI=1S/C13H22O2S/c1-10(2)6-7-13(14)8-11-4-3-5-12(9-13)16(11)15/h6,11-12,14H,3-5,7-9H2,1-2H3. The second-order valence-corrected chi connectivity index (χ2v) is 7.61. The van der Waals surface area contributed by atoms with Crippen LogP contribution >= 0.6 is 0 Å². The Morgan fingerprint density at radius 3 is 2.44 bits per heavy atom. The Morgan fingerprint density at radius 1 is 1.38 bits per heavy atom. The summed E-state index contributed by atoms with van der Waals surface area (Å²) in [7, 11) is -0.678.